The number of rotatable bonds is 4. The van der Waals surface area contributed by atoms with E-state index in [1.807, 2.05) is 0 Å². The highest BCUT2D eigenvalue weighted by molar-refractivity contribution is 5.85. The Morgan fingerprint density at radius 3 is 2.85 bits per heavy atom. The molecule has 0 spiro atoms. The van der Waals surface area contributed by atoms with Crippen LogP contribution in [-0.2, 0) is 14.3 Å². The fourth-order valence-corrected chi connectivity index (χ4v) is 2.25. The van der Waals surface area contributed by atoms with Gasteiger partial charge in [-0.1, -0.05) is 12.1 Å². The number of para-hydroxylation sites is 2. The first-order chi connectivity index (χ1) is 9.63. The second kappa shape index (κ2) is 6.27. The van der Waals surface area contributed by atoms with Gasteiger partial charge in [0.15, 0.2) is 18.1 Å². The van der Waals surface area contributed by atoms with Crippen LogP contribution in [0.1, 0.15) is 12.8 Å². The van der Waals surface area contributed by atoms with Crippen LogP contribution in [0.2, 0.25) is 0 Å². The van der Waals surface area contributed by atoms with Crippen molar-refractivity contribution in [1.29, 1.82) is 0 Å². The third kappa shape index (κ3) is 3.01. The molecule has 1 aliphatic rings. The number of nitrogens with zero attached hydrogens (tertiary/aromatic N) is 1. The summed E-state index contributed by atoms with van der Waals surface area (Å²) in [6.45, 7) is 0.299. The van der Waals surface area contributed by atoms with Crippen molar-refractivity contribution in [2.75, 3.05) is 20.3 Å². The van der Waals surface area contributed by atoms with Crippen molar-refractivity contribution in [2.45, 2.75) is 18.9 Å². The number of benzene rings is 1. The summed E-state index contributed by atoms with van der Waals surface area (Å²) < 4.78 is 9.96. The van der Waals surface area contributed by atoms with Gasteiger partial charge in [0.25, 0.3) is 5.91 Å². The summed E-state index contributed by atoms with van der Waals surface area (Å²) in [7, 11) is 1.31. The summed E-state index contributed by atoms with van der Waals surface area (Å²) in [6, 6.07) is 5.89. The van der Waals surface area contributed by atoms with Gasteiger partial charge in [-0.25, -0.2) is 4.79 Å². The van der Waals surface area contributed by atoms with Gasteiger partial charge in [-0.2, -0.15) is 0 Å². The highest BCUT2D eigenvalue weighted by Gasteiger charge is 2.34. The Balaban J connectivity index is 1.95. The number of hydrogen-bond donors (Lipinski definition) is 1. The molecule has 1 aromatic rings. The Bertz CT molecular complexity index is 502. The summed E-state index contributed by atoms with van der Waals surface area (Å²) in [6.07, 6.45) is 1.37. The first-order valence-corrected chi connectivity index (χ1v) is 6.41. The lowest BCUT2D eigenvalue weighted by Crippen LogP contribution is -2.43. The predicted octanol–water partition coefficient (Wildman–Crippen LogP) is 0.935. The number of carbonyl (C=O) groups is 2. The number of amides is 1. The molecule has 20 heavy (non-hydrogen) atoms. The molecule has 0 aromatic heterocycles. The van der Waals surface area contributed by atoms with Crippen LogP contribution in [0.4, 0.5) is 0 Å². The van der Waals surface area contributed by atoms with E-state index in [1.54, 1.807) is 18.2 Å². The van der Waals surface area contributed by atoms with Crippen molar-refractivity contribution in [2.24, 2.45) is 0 Å². The van der Waals surface area contributed by atoms with E-state index >= 15 is 0 Å². The molecule has 1 heterocycles. The fourth-order valence-electron chi connectivity index (χ4n) is 2.25. The molecule has 1 atom stereocenters. The Labute approximate surface area is 116 Å². The van der Waals surface area contributed by atoms with Gasteiger partial charge in [-0.3, -0.25) is 4.79 Å². The molecule has 2 rings (SSSR count). The van der Waals surface area contributed by atoms with Crippen LogP contribution in [0.15, 0.2) is 24.3 Å². The Kier molecular flexibility index (Phi) is 4.45. The molecule has 108 valence electrons. The van der Waals surface area contributed by atoms with E-state index in [2.05, 4.69) is 4.74 Å². The standard InChI is InChI=1S/C14H17NO5/c1-19-14(18)10-5-4-8-15(10)13(17)9-20-12-7-3-2-6-11(12)16/h2-3,6-7,10,16H,4-5,8-9H2,1H3. The van der Waals surface area contributed by atoms with Gasteiger partial charge < -0.3 is 19.5 Å². The molecule has 1 fully saturated rings. The number of phenolic OH excluding ortho intramolecular Hbond substituents is 1. The maximum atomic E-state index is 12.1. The molecule has 1 aliphatic heterocycles. The van der Waals surface area contributed by atoms with E-state index in [0.29, 0.717) is 13.0 Å². The largest absolute Gasteiger partial charge is 0.504 e. The number of carbonyl (C=O) groups excluding carboxylic acids is 2. The summed E-state index contributed by atoms with van der Waals surface area (Å²) in [5, 5.41) is 9.54. The number of ether oxygens (including phenoxy) is 2. The number of aromatic hydroxyl groups is 1. The third-order valence-electron chi connectivity index (χ3n) is 3.26. The normalized spacial score (nSPS) is 17.9. The predicted molar refractivity (Wildman–Crippen MR) is 70.4 cm³/mol. The zero-order chi connectivity index (χ0) is 14.5. The lowest BCUT2D eigenvalue weighted by Gasteiger charge is -2.22. The lowest BCUT2D eigenvalue weighted by atomic mass is 10.2. The molecule has 1 unspecified atom stereocenters. The Hall–Kier alpha value is -2.24. The molecular formula is C14H17NO5. The summed E-state index contributed by atoms with van der Waals surface area (Å²) >= 11 is 0. The zero-order valence-corrected chi connectivity index (χ0v) is 11.2. The number of hydrogen-bond acceptors (Lipinski definition) is 5. The minimum atomic E-state index is -0.527. The van der Waals surface area contributed by atoms with Gasteiger partial charge in [0.05, 0.1) is 7.11 Å². The number of esters is 1. The molecule has 6 nitrogen and oxygen atoms in total. The quantitative estimate of drug-likeness (QED) is 0.830. The van der Waals surface area contributed by atoms with E-state index in [0.717, 1.165) is 6.42 Å². The summed E-state index contributed by atoms with van der Waals surface area (Å²) in [5.41, 5.74) is 0. The minimum absolute atomic E-state index is 0.0220. The van der Waals surface area contributed by atoms with Crippen LogP contribution in [0.5, 0.6) is 11.5 Å². The smallest absolute Gasteiger partial charge is 0.328 e. The Morgan fingerprint density at radius 1 is 1.40 bits per heavy atom. The van der Waals surface area contributed by atoms with Gasteiger partial charge in [0.2, 0.25) is 0 Å². The molecule has 6 heteroatoms. The lowest BCUT2D eigenvalue weighted by molar-refractivity contribution is -0.151. The molecule has 0 bridgehead atoms. The minimum Gasteiger partial charge on any atom is -0.504 e. The van der Waals surface area contributed by atoms with Crippen molar-refractivity contribution in [3.05, 3.63) is 24.3 Å². The molecule has 0 saturated carbocycles. The fraction of sp³-hybridized carbons (Fsp3) is 0.429. The zero-order valence-electron chi connectivity index (χ0n) is 11.2. The van der Waals surface area contributed by atoms with Crippen LogP contribution < -0.4 is 4.74 Å². The molecule has 0 radical (unpaired) electrons. The third-order valence-corrected chi connectivity index (χ3v) is 3.26. The molecule has 1 aromatic carbocycles. The van der Waals surface area contributed by atoms with Crippen molar-refractivity contribution < 1.29 is 24.2 Å². The molecular weight excluding hydrogens is 262 g/mol. The average Bonchev–Trinajstić information content (AvgIpc) is 2.94. The first kappa shape index (κ1) is 14.2. The van der Waals surface area contributed by atoms with Gasteiger partial charge >= 0.3 is 5.97 Å². The van der Waals surface area contributed by atoms with Crippen LogP contribution >= 0.6 is 0 Å². The van der Waals surface area contributed by atoms with Gasteiger partial charge in [-0.15, -0.1) is 0 Å². The number of likely N-dealkylation sites (tertiary alicyclic amines) is 1. The van der Waals surface area contributed by atoms with Crippen LogP contribution in [0.3, 0.4) is 0 Å². The van der Waals surface area contributed by atoms with Gasteiger partial charge in [0, 0.05) is 6.54 Å². The maximum absolute atomic E-state index is 12.1. The highest BCUT2D eigenvalue weighted by Crippen LogP contribution is 2.25. The van der Waals surface area contributed by atoms with E-state index in [-0.39, 0.29) is 24.0 Å². The summed E-state index contributed by atoms with van der Waals surface area (Å²) in [5.74, 6) is -0.472. The van der Waals surface area contributed by atoms with Crippen molar-refractivity contribution in [3.63, 3.8) is 0 Å². The van der Waals surface area contributed by atoms with Crippen LogP contribution in [0, 0.1) is 0 Å². The van der Waals surface area contributed by atoms with E-state index in [1.165, 1.54) is 18.1 Å². The van der Waals surface area contributed by atoms with E-state index < -0.39 is 12.0 Å². The van der Waals surface area contributed by atoms with Gasteiger partial charge in [-0.05, 0) is 25.0 Å². The second-order valence-electron chi connectivity index (χ2n) is 4.52. The SMILES string of the molecule is COC(=O)C1CCCN1C(=O)COc1ccccc1O. The summed E-state index contributed by atoms with van der Waals surface area (Å²) in [4.78, 5) is 25.1. The maximum Gasteiger partial charge on any atom is 0.328 e. The number of phenols is 1. The monoisotopic (exact) mass is 279 g/mol. The second-order valence-corrected chi connectivity index (χ2v) is 4.52. The topological polar surface area (TPSA) is 76.1 Å². The average molecular weight is 279 g/mol. The van der Waals surface area contributed by atoms with Crippen LogP contribution in [0.25, 0.3) is 0 Å². The van der Waals surface area contributed by atoms with Crippen molar-refractivity contribution in [1.82, 2.24) is 4.90 Å². The molecule has 1 amide bonds. The van der Waals surface area contributed by atoms with Gasteiger partial charge in [0.1, 0.15) is 6.04 Å². The Morgan fingerprint density at radius 2 is 2.15 bits per heavy atom. The van der Waals surface area contributed by atoms with Crippen molar-refractivity contribution >= 4 is 11.9 Å². The first-order valence-electron chi connectivity index (χ1n) is 6.41. The highest BCUT2D eigenvalue weighted by atomic mass is 16.5. The van der Waals surface area contributed by atoms with Crippen LogP contribution in [-0.4, -0.2) is 48.2 Å². The molecule has 1 saturated heterocycles. The van der Waals surface area contributed by atoms with Crippen molar-refractivity contribution in [3.8, 4) is 11.5 Å². The number of methoxy groups -OCH3 is 1. The molecule has 1 N–H and O–H groups in total. The molecule has 0 aliphatic carbocycles. The van der Waals surface area contributed by atoms with E-state index in [4.69, 9.17) is 4.74 Å². The van der Waals surface area contributed by atoms with E-state index in [9.17, 15) is 14.7 Å².